The van der Waals surface area contributed by atoms with Crippen molar-refractivity contribution in [1.82, 2.24) is 0 Å². The number of carbonyl (C=O) groups excluding carboxylic acids is 3. The number of ether oxygens (including phenoxy) is 3. The summed E-state index contributed by atoms with van der Waals surface area (Å²) in [4.78, 5) is 38.7. The van der Waals surface area contributed by atoms with E-state index in [1.165, 1.54) is 96.3 Å². The first-order chi connectivity index (χ1) is 29.9. The molecule has 0 fully saturated rings. The molecule has 62 heavy (non-hydrogen) atoms. The summed E-state index contributed by atoms with van der Waals surface area (Å²) in [6.07, 6.45) is 35.3. The lowest BCUT2D eigenvalue weighted by Gasteiger charge is -2.25. The second-order valence-electron chi connectivity index (χ2n) is 18.2. The first kappa shape index (κ1) is 60.2. The average molecular weight is 903 g/mol. The molecule has 0 radical (unpaired) electrons. The van der Waals surface area contributed by atoms with Crippen molar-refractivity contribution in [2.24, 2.45) is 0 Å². The van der Waals surface area contributed by atoms with E-state index in [1.807, 2.05) is 21.1 Å². The standard InChI is InChI=1S/C50H97NO10P/c1-8-12-15-18-21-22-23-24-25-26-27-28-29-32-35-39-48(52)56-44-47(45-59-62(55,57-11-4)58-43-42-51(5,6)7)61-50(54)41-36-40-49(53)60-46(37-33-30-19-16-13-9-2)38-34-31-20-17-14-10-3/h24-25,46-47H,8-23,26-45H2,1-7H3/q+1/b25-24-/t47-,62?/m1/s1. The lowest BCUT2D eigenvalue weighted by molar-refractivity contribution is -0.870. The first-order valence-corrected chi connectivity index (χ1v) is 26.9. The molecule has 0 saturated heterocycles. The number of phosphoric acid groups is 1. The summed E-state index contributed by atoms with van der Waals surface area (Å²) >= 11 is 0. The summed E-state index contributed by atoms with van der Waals surface area (Å²) < 4.78 is 47.7. The number of nitrogens with zero attached hydrogens (tertiary/aromatic N) is 1. The van der Waals surface area contributed by atoms with Crippen LogP contribution in [0.2, 0.25) is 0 Å². The minimum atomic E-state index is -3.98. The van der Waals surface area contributed by atoms with E-state index in [0.29, 0.717) is 17.4 Å². The van der Waals surface area contributed by atoms with Gasteiger partial charge in [0.05, 0.1) is 34.4 Å². The Bertz CT molecular complexity index is 1130. The maximum atomic E-state index is 13.4. The van der Waals surface area contributed by atoms with Crippen molar-refractivity contribution in [2.75, 3.05) is 54.1 Å². The molecule has 0 N–H and O–H groups in total. The van der Waals surface area contributed by atoms with Gasteiger partial charge in [0, 0.05) is 19.3 Å². The highest BCUT2D eigenvalue weighted by atomic mass is 31.2. The zero-order valence-corrected chi connectivity index (χ0v) is 42.1. The highest BCUT2D eigenvalue weighted by Crippen LogP contribution is 2.49. The average Bonchev–Trinajstić information content (AvgIpc) is 3.22. The summed E-state index contributed by atoms with van der Waals surface area (Å²) in [5.41, 5.74) is 0. The van der Waals surface area contributed by atoms with E-state index in [1.54, 1.807) is 6.92 Å². The zero-order chi connectivity index (χ0) is 46.0. The largest absolute Gasteiger partial charge is 0.475 e. The molecule has 2 atom stereocenters. The normalized spacial score (nSPS) is 13.4. The van der Waals surface area contributed by atoms with Crippen molar-refractivity contribution < 1.29 is 51.2 Å². The molecule has 0 rings (SSSR count). The number of hydrogen-bond acceptors (Lipinski definition) is 10. The molecule has 0 aromatic rings. The van der Waals surface area contributed by atoms with Gasteiger partial charge in [0.2, 0.25) is 0 Å². The van der Waals surface area contributed by atoms with Gasteiger partial charge in [-0.2, -0.15) is 0 Å². The Morgan fingerprint density at radius 1 is 0.484 bits per heavy atom. The number of likely N-dealkylation sites (N-methyl/N-ethyl adjacent to an activating group) is 1. The van der Waals surface area contributed by atoms with Gasteiger partial charge in [-0.05, 0) is 71.1 Å². The number of unbranched alkanes of at least 4 members (excludes halogenated alkanes) is 21. The first-order valence-electron chi connectivity index (χ1n) is 25.4. The van der Waals surface area contributed by atoms with Crippen molar-refractivity contribution in [1.29, 1.82) is 0 Å². The summed E-state index contributed by atoms with van der Waals surface area (Å²) in [6.45, 7) is 8.54. The third-order valence-electron chi connectivity index (χ3n) is 10.9. The van der Waals surface area contributed by atoms with E-state index in [2.05, 4.69) is 32.9 Å². The molecule has 0 aliphatic carbocycles. The molecule has 0 saturated carbocycles. The fourth-order valence-electron chi connectivity index (χ4n) is 7.02. The van der Waals surface area contributed by atoms with Gasteiger partial charge < -0.3 is 18.7 Å². The summed E-state index contributed by atoms with van der Waals surface area (Å²) in [5, 5.41) is 0. The number of hydrogen-bond donors (Lipinski definition) is 0. The maximum Gasteiger partial charge on any atom is 0.475 e. The van der Waals surface area contributed by atoms with Gasteiger partial charge >= 0.3 is 25.7 Å². The van der Waals surface area contributed by atoms with Crippen LogP contribution in [0, 0.1) is 0 Å². The van der Waals surface area contributed by atoms with Crippen molar-refractivity contribution in [2.45, 2.75) is 239 Å². The fraction of sp³-hybridized carbons (Fsp3) is 0.900. The fourth-order valence-corrected chi connectivity index (χ4v) is 8.21. The zero-order valence-electron chi connectivity index (χ0n) is 41.2. The molecule has 12 heteroatoms. The Balaban J connectivity index is 5.03. The van der Waals surface area contributed by atoms with E-state index >= 15 is 0 Å². The SMILES string of the molecule is CCCCCCCC/C=C\CCCCCCCC(=O)OC[C@H](COP(=O)(OCC)OCC[N+](C)(C)C)OC(=O)CCCC(=O)OC(CCCCCCCC)CCCCCCCC. The summed E-state index contributed by atoms with van der Waals surface area (Å²) in [5.74, 6) is -1.27. The van der Waals surface area contributed by atoms with Gasteiger partial charge in [0.25, 0.3) is 0 Å². The molecular weight excluding hydrogens is 806 g/mol. The highest BCUT2D eigenvalue weighted by Gasteiger charge is 2.30. The highest BCUT2D eigenvalue weighted by molar-refractivity contribution is 7.48. The Labute approximate surface area is 381 Å². The molecule has 366 valence electrons. The summed E-state index contributed by atoms with van der Waals surface area (Å²) in [6, 6.07) is 0. The lowest BCUT2D eigenvalue weighted by atomic mass is 10.0. The van der Waals surface area contributed by atoms with Crippen LogP contribution in [0.3, 0.4) is 0 Å². The molecule has 0 heterocycles. The predicted octanol–water partition coefficient (Wildman–Crippen LogP) is 13.9. The van der Waals surface area contributed by atoms with Gasteiger partial charge in [-0.15, -0.1) is 0 Å². The Kier molecular flexibility index (Phi) is 40.7. The third kappa shape index (κ3) is 41.0. The van der Waals surface area contributed by atoms with E-state index in [9.17, 15) is 18.9 Å². The molecule has 0 bridgehead atoms. The topological polar surface area (TPSA) is 124 Å². The van der Waals surface area contributed by atoms with E-state index < -0.39 is 25.9 Å². The van der Waals surface area contributed by atoms with Crippen LogP contribution in [-0.4, -0.2) is 88.7 Å². The predicted molar refractivity (Wildman–Crippen MR) is 254 cm³/mol. The monoisotopic (exact) mass is 903 g/mol. The molecule has 0 aromatic carbocycles. The van der Waals surface area contributed by atoms with Gasteiger partial charge in [0.15, 0.2) is 6.10 Å². The van der Waals surface area contributed by atoms with Gasteiger partial charge in [-0.25, -0.2) is 4.57 Å². The van der Waals surface area contributed by atoms with E-state index in [4.69, 9.17) is 27.8 Å². The number of quaternary nitrogens is 1. The van der Waals surface area contributed by atoms with Crippen LogP contribution in [0.5, 0.6) is 0 Å². The molecule has 0 aliphatic rings. The number of allylic oxidation sites excluding steroid dienone is 2. The van der Waals surface area contributed by atoms with Crippen LogP contribution in [0.15, 0.2) is 12.2 Å². The van der Waals surface area contributed by atoms with Crippen molar-refractivity contribution in [3.8, 4) is 0 Å². The van der Waals surface area contributed by atoms with Crippen molar-refractivity contribution in [3.63, 3.8) is 0 Å². The Morgan fingerprint density at radius 3 is 1.40 bits per heavy atom. The summed E-state index contributed by atoms with van der Waals surface area (Å²) in [7, 11) is 1.98. The molecule has 1 unspecified atom stereocenters. The Hall–Kier alpha value is -1.78. The van der Waals surface area contributed by atoms with Crippen LogP contribution in [0.4, 0.5) is 0 Å². The quantitative estimate of drug-likeness (QED) is 0.0146. The molecule has 0 aromatic heterocycles. The van der Waals surface area contributed by atoms with Crippen molar-refractivity contribution >= 4 is 25.7 Å². The Morgan fingerprint density at radius 2 is 0.919 bits per heavy atom. The molecular formula is C50H97NO10P+. The van der Waals surface area contributed by atoms with Crippen molar-refractivity contribution in [3.05, 3.63) is 12.2 Å². The van der Waals surface area contributed by atoms with Crippen LogP contribution < -0.4 is 0 Å². The van der Waals surface area contributed by atoms with Gasteiger partial charge in [-0.1, -0.05) is 148 Å². The smallest absolute Gasteiger partial charge is 0.462 e. The maximum absolute atomic E-state index is 13.4. The molecule has 0 aliphatic heterocycles. The number of esters is 3. The minimum absolute atomic E-state index is 0.0306. The lowest BCUT2D eigenvalue weighted by Crippen LogP contribution is -2.37. The minimum Gasteiger partial charge on any atom is -0.462 e. The van der Waals surface area contributed by atoms with Crippen LogP contribution in [-0.2, 0) is 46.7 Å². The van der Waals surface area contributed by atoms with Crippen LogP contribution in [0.1, 0.15) is 227 Å². The molecule has 0 spiro atoms. The third-order valence-corrected chi connectivity index (χ3v) is 12.4. The van der Waals surface area contributed by atoms with E-state index in [0.717, 1.165) is 70.6 Å². The second-order valence-corrected chi connectivity index (χ2v) is 19.9. The van der Waals surface area contributed by atoms with Crippen LogP contribution >= 0.6 is 7.82 Å². The number of phosphoric ester groups is 1. The molecule has 11 nitrogen and oxygen atoms in total. The van der Waals surface area contributed by atoms with Gasteiger partial charge in [0.1, 0.15) is 25.9 Å². The van der Waals surface area contributed by atoms with E-state index in [-0.39, 0.29) is 64.2 Å². The molecule has 0 amide bonds. The second kappa shape index (κ2) is 41.9. The van der Waals surface area contributed by atoms with Gasteiger partial charge in [-0.3, -0.25) is 28.0 Å². The number of carbonyl (C=O) groups is 3. The van der Waals surface area contributed by atoms with Crippen LogP contribution in [0.25, 0.3) is 0 Å². The number of rotatable bonds is 46.